The van der Waals surface area contributed by atoms with Crippen LogP contribution in [0.5, 0.6) is 5.75 Å². The monoisotopic (exact) mass is 562 g/mol. The van der Waals surface area contributed by atoms with Crippen molar-refractivity contribution in [2.45, 2.75) is 19.3 Å². The first-order valence-corrected chi connectivity index (χ1v) is 10.0. The minimum absolute atomic E-state index is 0. The first-order chi connectivity index (χ1) is 14.4. The normalized spacial score (nSPS) is 11.5. The van der Waals surface area contributed by atoms with Crippen LogP contribution in [0.2, 0.25) is 0 Å². The van der Waals surface area contributed by atoms with E-state index < -0.39 is 12.8 Å². The van der Waals surface area contributed by atoms with Gasteiger partial charge in [0.05, 0.1) is 12.2 Å². The number of benzene rings is 2. The van der Waals surface area contributed by atoms with Crippen LogP contribution in [0, 0.1) is 0 Å². The Morgan fingerprint density at radius 2 is 1.71 bits per heavy atom. The highest BCUT2D eigenvalue weighted by atomic mass is 127. The summed E-state index contributed by atoms with van der Waals surface area (Å²) in [7, 11) is 1.67. The van der Waals surface area contributed by atoms with Gasteiger partial charge in [-0.15, -0.1) is 35.3 Å². The number of hydrogen-bond acceptors (Lipinski definition) is 4. The van der Waals surface area contributed by atoms with Gasteiger partial charge in [0.1, 0.15) is 10.8 Å². The van der Waals surface area contributed by atoms with Gasteiger partial charge in [-0.25, -0.2) is 4.98 Å². The Bertz CT molecular complexity index is 963. The van der Waals surface area contributed by atoms with E-state index in [9.17, 15) is 13.2 Å². The van der Waals surface area contributed by atoms with Crippen molar-refractivity contribution in [1.29, 1.82) is 0 Å². The molecule has 0 aliphatic rings. The predicted octanol–water partition coefficient (Wildman–Crippen LogP) is 5.23. The molecule has 2 aromatic carbocycles. The highest BCUT2D eigenvalue weighted by Gasteiger charge is 2.28. The van der Waals surface area contributed by atoms with E-state index in [2.05, 4.69) is 20.6 Å². The predicted molar refractivity (Wildman–Crippen MR) is 128 cm³/mol. The van der Waals surface area contributed by atoms with Crippen LogP contribution in [0.25, 0.3) is 10.6 Å². The summed E-state index contributed by atoms with van der Waals surface area (Å²) in [5.74, 6) is 0.776. The number of alkyl halides is 3. The Morgan fingerprint density at radius 3 is 2.35 bits per heavy atom. The van der Waals surface area contributed by atoms with Gasteiger partial charge in [0, 0.05) is 24.5 Å². The number of aliphatic imine (C=N–C) groups is 1. The third-order valence-corrected chi connectivity index (χ3v) is 4.96. The average molecular weight is 562 g/mol. The van der Waals surface area contributed by atoms with Crippen molar-refractivity contribution in [3.63, 3.8) is 0 Å². The number of nitrogens with one attached hydrogen (secondary N) is 2. The Balaban J connectivity index is 0.00000341. The average Bonchev–Trinajstić information content (AvgIpc) is 3.22. The van der Waals surface area contributed by atoms with Crippen LogP contribution in [0.3, 0.4) is 0 Å². The topological polar surface area (TPSA) is 58.5 Å². The van der Waals surface area contributed by atoms with E-state index in [0.29, 0.717) is 19.0 Å². The summed E-state index contributed by atoms with van der Waals surface area (Å²) < 4.78 is 41.3. The zero-order valence-electron chi connectivity index (χ0n) is 16.6. The number of hydrogen-bond donors (Lipinski definition) is 2. The second-order valence-electron chi connectivity index (χ2n) is 6.34. The van der Waals surface area contributed by atoms with Gasteiger partial charge in [0.15, 0.2) is 12.6 Å². The van der Waals surface area contributed by atoms with E-state index >= 15 is 0 Å². The third-order valence-electron chi connectivity index (χ3n) is 4.02. The third kappa shape index (κ3) is 8.37. The molecule has 0 spiro atoms. The van der Waals surface area contributed by atoms with Crippen molar-refractivity contribution in [3.8, 4) is 16.3 Å². The molecule has 0 atom stereocenters. The van der Waals surface area contributed by atoms with E-state index in [1.807, 2.05) is 35.7 Å². The molecule has 5 nitrogen and oxygen atoms in total. The number of guanidine groups is 1. The molecule has 0 unspecified atom stereocenters. The molecule has 166 valence electrons. The molecular weight excluding hydrogens is 540 g/mol. The molecule has 0 aliphatic heterocycles. The lowest BCUT2D eigenvalue weighted by atomic mass is 10.2. The summed E-state index contributed by atoms with van der Waals surface area (Å²) in [6, 6.07) is 16.4. The highest BCUT2D eigenvalue weighted by molar-refractivity contribution is 14.0. The van der Waals surface area contributed by atoms with Gasteiger partial charge in [-0.2, -0.15) is 13.2 Å². The van der Waals surface area contributed by atoms with Gasteiger partial charge >= 0.3 is 6.18 Å². The second kappa shape index (κ2) is 11.9. The Kier molecular flexibility index (Phi) is 9.56. The fourth-order valence-corrected chi connectivity index (χ4v) is 3.38. The zero-order chi connectivity index (χ0) is 21.4. The van der Waals surface area contributed by atoms with Crippen molar-refractivity contribution in [2.75, 3.05) is 13.7 Å². The van der Waals surface area contributed by atoms with Crippen LogP contribution in [0.15, 0.2) is 65.0 Å². The molecule has 0 amide bonds. The number of rotatable bonds is 7. The van der Waals surface area contributed by atoms with Gasteiger partial charge in [-0.1, -0.05) is 42.5 Å². The molecule has 3 aromatic rings. The van der Waals surface area contributed by atoms with Crippen LogP contribution >= 0.6 is 35.3 Å². The van der Waals surface area contributed by atoms with Crippen LogP contribution in [-0.2, 0) is 13.1 Å². The van der Waals surface area contributed by atoms with E-state index in [1.165, 1.54) is 12.1 Å². The molecule has 1 heterocycles. The fourth-order valence-electron chi connectivity index (χ4n) is 2.55. The lowest BCUT2D eigenvalue weighted by molar-refractivity contribution is -0.153. The number of nitrogens with zero attached hydrogens (tertiary/aromatic N) is 2. The van der Waals surface area contributed by atoms with Crippen LogP contribution in [0.4, 0.5) is 13.2 Å². The minimum atomic E-state index is -4.35. The van der Waals surface area contributed by atoms with Crippen molar-refractivity contribution in [3.05, 3.63) is 71.2 Å². The summed E-state index contributed by atoms with van der Waals surface area (Å²) in [5, 5.41) is 9.33. The molecule has 2 N–H and O–H groups in total. The van der Waals surface area contributed by atoms with Gasteiger partial charge in [0.2, 0.25) is 0 Å². The number of thiazole rings is 1. The van der Waals surface area contributed by atoms with E-state index in [1.54, 1.807) is 30.5 Å². The smallest absolute Gasteiger partial charge is 0.422 e. The molecule has 0 saturated heterocycles. The SMILES string of the molecule is CN=C(NCc1ccc(OCC(F)(F)F)cc1)NCc1csc(-c2ccccc2)n1.I. The maximum absolute atomic E-state index is 12.2. The maximum atomic E-state index is 12.2. The Hall–Kier alpha value is -2.34. The lowest BCUT2D eigenvalue weighted by Crippen LogP contribution is -2.36. The summed E-state index contributed by atoms with van der Waals surface area (Å²) in [6.07, 6.45) is -4.35. The molecular formula is C21H22F3IN4OS. The molecule has 0 fully saturated rings. The number of halogens is 4. The quantitative estimate of drug-likeness (QED) is 0.235. The van der Waals surface area contributed by atoms with Crippen LogP contribution in [0.1, 0.15) is 11.3 Å². The first kappa shape index (κ1) is 24.9. The Morgan fingerprint density at radius 1 is 1.03 bits per heavy atom. The zero-order valence-corrected chi connectivity index (χ0v) is 19.8. The van der Waals surface area contributed by atoms with Crippen LogP contribution < -0.4 is 15.4 Å². The van der Waals surface area contributed by atoms with Crippen molar-refractivity contribution < 1.29 is 17.9 Å². The van der Waals surface area contributed by atoms with E-state index in [0.717, 1.165) is 21.8 Å². The maximum Gasteiger partial charge on any atom is 0.422 e. The molecule has 0 radical (unpaired) electrons. The molecule has 0 bridgehead atoms. The number of ether oxygens (including phenoxy) is 1. The standard InChI is InChI=1S/C21H21F3N4OS.HI/c1-25-20(26-11-15-7-9-18(10-8-15)29-14-21(22,23)24)27-12-17-13-30-19(28-17)16-5-3-2-4-6-16;/h2-10,13H,11-12,14H2,1H3,(H2,25,26,27);1H. The first-order valence-electron chi connectivity index (χ1n) is 9.16. The summed E-state index contributed by atoms with van der Waals surface area (Å²) in [4.78, 5) is 8.81. The highest BCUT2D eigenvalue weighted by Crippen LogP contribution is 2.23. The van der Waals surface area contributed by atoms with E-state index in [4.69, 9.17) is 4.74 Å². The molecule has 3 rings (SSSR count). The van der Waals surface area contributed by atoms with E-state index in [-0.39, 0.29) is 29.7 Å². The van der Waals surface area contributed by atoms with Crippen molar-refractivity contribution >= 4 is 41.3 Å². The largest absolute Gasteiger partial charge is 0.484 e. The van der Waals surface area contributed by atoms with Gasteiger partial charge in [-0.05, 0) is 17.7 Å². The van der Waals surface area contributed by atoms with Gasteiger partial charge in [-0.3, -0.25) is 4.99 Å². The van der Waals surface area contributed by atoms with Crippen molar-refractivity contribution in [2.24, 2.45) is 4.99 Å². The minimum Gasteiger partial charge on any atom is -0.484 e. The van der Waals surface area contributed by atoms with Gasteiger partial charge < -0.3 is 15.4 Å². The Labute approximate surface area is 199 Å². The lowest BCUT2D eigenvalue weighted by Gasteiger charge is -2.12. The second-order valence-corrected chi connectivity index (χ2v) is 7.20. The van der Waals surface area contributed by atoms with Gasteiger partial charge in [0.25, 0.3) is 0 Å². The molecule has 31 heavy (non-hydrogen) atoms. The number of aromatic nitrogens is 1. The van der Waals surface area contributed by atoms with Crippen molar-refractivity contribution in [1.82, 2.24) is 15.6 Å². The molecule has 0 aliphatic carbocycles. The molecule has 0 saturated carbocycles. The summed E-state index contributed by atoms with van der Waals surface area (Å²) >= 11 is 1.59. The molecule has 1 aromatic heterocycles. The van der Waals surface area contributed by atoms with Crippen LogP contribution in [-0.4, -0.2) is 30.8 Å². The molecule has 10 heteroatoms. The summed E-state index contributed by atoms with van der Waals surface area (Å²) in [6.45, 7) is -0.317. The fraction of sp³-hybridized carbons (Fsp3) is 0.238. The summed E-state index contributed by atoms with van der Waals surface area (Å²) in [5.41, 5.74) is 2.88.